The molecule has 7 heteroatoms. The van der Waals surface area contributed by atoms with E-state index in [0.717, 1.165) is 24.3 Å². The molecule has 0 aromatic heterocycles. The van der Waals surface area contributed by atoms with Gasteiger partial charge in [-0.2, -0.15) is 13.2 Å². The number of nitrogens with one attached hydrogen (secondary N) is 1. The summed E-state index contributed by atoms with van der Waals surface area (Å²) in [6, 6.07) is 8.19. The summed E-state index contributed by atoms with van der Waals surface area (Å²) in [4.78, 5) is 11.8. The first kappa shape index (κ1) is 16.8. The number of rotatable bonds is 4. The third-order valence-corrected chi connectivity index (χ3v) is 3.08. The van der Waals surface area contributed by atoms with Crippen LogP contribution in [0, 0.1) is 5.82 Å². The Balaban J connectivity index is 2.01. The zero-order valence-electron chi connectivity index (χ0n) is 12.1. The topological polar surface area (TPSA) is 38.3 Å². The number of amides is 1. The summed E-state index contributed by atoms with van der Waals surface area (Å²) in [6.07, 6.45) is -4.54. The predicted molar refractivity (Wildman–Crippen MR) is 76.7 cm³/mol. The average Bonchev–Trinajstić information content (AvgIpc) is 2.47. The Morgan fingerprint density at radius 2 is 1.78 bits per heavy atom. The number of ether oxygens (including phenoxy) is 1. The number of methoxy groups -OCH3 is 1. The van der Waals surface area contributed by atoms with Crippen LogP contribution < -0.4 is 10.1 Å². The number of benzene rings is 2. The van der Waals surface area contributed by atoms with Gasteiger partial charge in [0.1, 0.15) is 0 Å². The minimum absolute atomic E-state index is 0.0666. The molecule has 2 aromatic rings. The quantitative estimate of drug-likeness (QED) is 0.861. The van der Waals surface area contributed by atoms with Gasteiger partial charge < -0.3 is 10.1 Å². The second-order valence-electron chi connectivity index (χ2n) is 4.77. The fraction of sp³-hybridized carbons (Fsp3) is 0.188. The monoisotopic (exact) mass is 327 g/mol. The van der Waals surface area contributed by atoms with Crippen LogP contribution in [0.15, 0.2) is 42.5 Å². The number of alkyl halides is 3. The first-order valence-corrected chi connectivity index (χ1v) is 6.59. The Hall–Kier alpha value is -2.57. The summed E-state index contributed by atoms with van der Waals surface area (Å²) in [5.74, 6) is -0.987. The van der Waals surface area contributed by atoms with Crippen LogP contribution in [-0.4, -0.2) is 13.0 Å². The second-order valence-corrected chi connectivity index (χ2v) is 4.77. The molecule has 0 radical (unpaired) electrons. The number of carbonyl (C=O) groups is 1. The van der Waals surface area contributed by atoms with Crippen LogP contribution in [0.5, 0.6) is 5.75 Å². The highest BCUT2D eigenvalue weighted by atomic mass is 19.4. The van der Waals surface area contributed by atoms with E-state index in [4.69, 9.17) is 4.74 Å². The third-order valence-electron chi connectivity index (χ3n) is 3.08. The lowest BCUT2D eigenvalue weighted by molar-refractivity contribution is -0.137. The fourth-order valence-electron chi connectivity index (χ4n) is 1.95. The van der Waals surface area contributed by atoms with E-state index < -0.39 is 23.5 Å². The number of hydrogen-bond donors (Lipinski definition) is 1. The molecule has 0 aliphatic heterocycles. The predicted octanol–water partition coefficient (Wildman–Crippen LogP) is 4.03. The molecule has 23 heavy (non-hydrogen) atoms. The Labute approximate surface area is 129 Å². The minimum Gasteiger partial charge on any atom is -0.494 e. The SMILES string of the molecule is COc1ccc(CC(=O)Nc2ccc(C(F)(F)F)cc2)cc1F. The molecule has 0 spiro atoms. The van der Waals surface area contributed by atoms with Crippen LogP contribution in [0.3, 0.4) is 0 Å². The minimum atomic E-state index is -4.43. The van der Waals surface area contributed by atoms with Crippen molar-refractivity contribution in [1.82, 2.24) is 0 Å². The van der Waals surface area contributed by atoms with Gasteiger partial charge in [0.05, 0.1) is 19.1 Å². The van der Waals surface area contributed by atoms with E-state index in [0.29, 0.717) is 5.56 Å². The van der Waals surface area contributed by atoms with Crippen molar-refractivity contribution in [2.24, 2.45) is 0 Å². The Morgan fingerprint density at radius 1 is 1.13 bits per heavy atom. The Kier molecular flexibility index (Phi) is 4.88. The van der Waals surface area contributed by atoms with E-state index in [1.54, 1.807) is 0 Å². The summed E-state index contributed by atoms with van der Waals surface area (Å²) in [6.45, 7) is 0. The van der Waals surface area contributed by atoms with Crippen LogP contribution >= 0.6 is 0 Å². The fourth-order valence-corrected chi connectivity index (χ4v) is 1.95. The molecule has 2 aromatic carbocycles. The Morgan fingerprint density at radius 3 is 2.30 bits per heavy atom. The van der Waals surface area contributed by atoms with E-state index in [9.17, 15) is 22.4 Å². The lowest BCUT2D eigenvalue weighted by Crippen LogP contribution is -2.15. The maximum absolute atomic E-state index is 13.5. The Bertz CT molecular complexity index is 696. The van der Waals surface area contributed by atoms with Gasteiger partial charge in [0.2, 0.25) is 5.91 Å². The highest BCUT2D eigenvalue weighted by molar-refractivity contribution is 5.92. The molecule has 0 aliphatic rings. The molecule has 0 fully saturated rings. The molecule has 0 saturated carbocycles. The van der Waals surface area contributed by atoms with Gasteiger partial charge in [0, 0.05) is 5.69 Å². The summed E-state index contributed by atoms with van der Waals surface area (Å²) in [7, 11) is 1.33. The lowest BCUT2D eigenvalue weighted by atomic mass is 10.1. The van der Waals surface area contributed by atoms with Crippen molar-refractivity contribution in [2.75, 3.05) is 12.4 Å². The largest absolute Gasteiger partial charge is 0.494 e. The first-order chi connectivity index (χ1) is 10.8. The summed E-state index contributed by atoms with van der Waals surface area (Å²) in [5.41, 5.74) is -0.141. The molecule has 0 unspecified atom stereocenters. The van der Waals surface area contributed by atoms with Gasteiger partial charge in [-0.05, 0) is 42.0 Å². The molecule has 0 heterocycles. The molecule has 1 N–H and O–H groups in total. The molecule has 1 amide bonds. The van der Waals surface area contributed by atoms with Crippen molar-refractivity contribution in [1.29, 1.82) is 0 Å². The van der Waals surface area contributed by atoms with E-state index in [1.165, 1.54) is 25.3 Å². The van der Waals surface area contributed by atoms with Crippen molar-refractivity contribution in [2.45, 2.75) is 12.6 Å². The normalized spacial score (nSPS) is 11.2. The molecule has 3 nitrogen and oxygen atoms in total. The van der Waals surface area contributed by atoms with Crippen LogP contribution in [0.4, 0.5) is 23.2 Å². The molecule has 0 atom stereocenters. The van der Waals surface area contributed by atoms with Crippen LogP contribution in [0.25, 0.3) is 0 Å². The summed E-state index contributed by atoms with van der Waals surface area (Å²) in [5, 5.41) is 2.46. The van der Waals surface area contributed by atoms with Crippen LogP contribution in [-0.2, 0) is 17.4 Å². The third kappa shape index (κ3) is 4.45. The van der Waals surface area contributed by atoms with Gasteiger partial charge in [-0.25, -0.2) is 4.39 Å². The van der Waals surface area contributed by atoms with Crippen molar-refractivity contribution < 1.29 is 27.1 Å². The van der Waals surface area contributed by atoms with E-state index in [1.807, 2.05) is 0 Å². The smallest absolute Gasteiger partial charge is 0.416 e. The second kappa shape index (κ2) is 6.68. The van der Waals surface area contributed by atoms with Crippen molar-refractivity contribution in [3.63, 3.8) is 0 Å². The maximum Gasteiger partial charge on any atom is 0.416 e. The molecular formula is C16H13F4NO2. The van der Waals surface area contributed by atoms with Crippen LogP contribution in [0.2, 0.25) is 0 Å². The van der Waals surface area contributed by atoms with Crippen molar-refractivity contribution in [3.05, 3.63) is 59.4 Å². The van der Waals surface area contributed by atoms with Gasteiger partial charge in [0.25, 0.3) is 0 Å². The average molecular weight is 327 g/mol. The number of anilines is 1. The standard InChI is InChI=1S/C16H13F4NO2/c1-23-14-7-2-10(8-13(14)17)9-15(22)21-12-5-3-11(4-6-12)16(18,19)20/h2-8H,9H2,1H3,(H,21,22). The number of halogens is 4. The summed E-state index contributed by atoms with van der Waals surface area (Å²) < 4.78 is 55.6. The molecule has 122 valence electrons. The lowest BCUT2D eigenvalue weighted by Gasteiger charge is -2.09. The van der Waals surface area contributed by atoms with Crippen molar-refractivity contribution >= 4 is 11.6 Å². The summed E-state index contributed by atoms with van der Waals surface area (Å²) >= 11 is 0. The molecule has 0 aliphatic carbocycles. The highest BCUT2D eigenvalue weighted by Crippen LogP contribution is 2.29. The zero-order valence-corrected chi connectivity index (χ0v) is 12.1. The van der Waals surface area contributed by atoms with Gasteiger partial charge >= 0.3 is 6.18 Å². The molecule has 0 bridgehead atoms. The van der Waals surface area contributed by atoms with E-state index >= 15 is 0 Å². The number of carbonyl (C=O) groups excluding carboxylic acids is 1. The molecular weight excluding hydrogens is 314 g/mol. The van der Waals surface area contributed by atoms with E-state index in [2.05, 4.69) is 5.32 Å². The van der Waals surface area contributed by atoms with E-state index in [-0.39, 0.29) is 17.9 Å². The number of hydrogen-bond acceptors (Lipinski definition) is 2. The molecule has 0 saturated heterocycles. The van der Waals surface area contributed by atoms with Gasteiger partial charge in [-0.15, -0.1) is 0 Å². The zero-order chi connectivity index (χ0) is 17.0. The van der Waals surface area contributed by atoms with Gasteiger partial charge in [0.15, 0.2) is 11.6 Å². The van der Waals surface area contributed by atoms with Gasteiger partial charge in [-0.1, -0.05) is 6.07 Å². The first-order valence-electron chi connectivity index (χ1n) is 6.59. The maximum atomic E-state index is 13.5. The molecule has 2 rings (SSSR count). The van der Waals surface area contributed by atoms with Crippen molar-refractivity contribution in [3.8, 4) is 5.75 Å². The highest BCUT2D eigenvalue weighted by Gasteiger charge is 2.29. The van der Waals surface area contributed by atoms with Gasteiger partial charge in [-0.3, -0.25) is 4.79 Å². The van der Waals surface area contributed by atoms with Crippen LogP contribution in [0.1, 0.15) is 11.1 Å².